The molecule has 0 saturated heterocycles. The van der Waals surface area contributed by atoms with Gasteiger partial charge in [0.2, 0.25) is 0 Å². The topological polar surface area (TPSA) is 17.8 Å². The van der Waals surface area contributed by atoms with Crippen LogP contribution in [0.5, 0.6) is 0 Å². The van der Waals surface area contributed by atoms with E-state index in [1.807, 2.05) is 0 Å². The van der Waals surface area contributed by atoms with Gasteiger partial charge < -0.3 is 0 Å². The molecule has 8 aromatic rings. The molecular formula is C37H24N2. The fourth-order valence-corrected chi connectivity index (χ4v) is 5.13. The number of benzene rings is 7. The molecule has 1 heterocycles. The second-order valence-corrected chi connectivity index (χ2v) is 8.85. The molecule has 0 atom stereocenters. The largest absolute Gasteiger partial charge is 0.292 e. The van der Waals surface area contributed by atoms with Gasteiger partial charge in [0.05, 0.1) is 31.6 Å². The number of para-hydroxylation sites is 3. The highest BCUT2D eigenvalue weighted by Gasteiger charge is 2.22. The average molecular weight is 512 g/mol. The summed E-state index contributed by atoms with van der Waals surface area (Å²) in [6, 6.07) is 5.57. The van der Waals surface area contributed by atoms with Gasteiger partial charge in [0.15, 0.2) is 0 Å². The van der Waals surface area contributed by atoms with E-state index in [-0.39, 0.29) is 38.5 Å². The summed E-state index contributed by atoms with van der Waals surface area (Å²) in [5, 5.41) is -2.00. The lowest BCUT2D eigenvalue weighted by Crippen LogP contribution is -1.99. The lowest BCUT2D eigenvalue weighted by Gasteiger charge is -2.19. The number of nitrogens with zero attached hydrogens (tertiary/aromatic N) is 2. The molecule has 0 aliphatic carbocycles. The van der Waals surface area contributed by atoms with Crippen molar-refractivity contribution in [3.8, 4) is 28.2 Å². The maximum Gasteiger partial charge on any atom is 0.146 e. The maximum atomic E-state index is 9.36. The molecule has 0 fully saturated rings. The standard InChI is InChI=1S/C37H24N2/c1-2-15-26(16-3-1)39-34-24-11-10-23-33(34)38-37(39)36-31-20-8-6-18-29(31)35(30-19-7-9-21-32(30)36)28-22-12-14-25-13-4-5-17-27(25)28/h1-24H/i4D,5D,6D,7D,8D,9D,12D,13D,14D,17D,18D,19D,20D,21D,22D. The first-order chi connectivity index (χ1) is 25.6. The SMILES string of the molecule is [2H]c1c([2H])c([2H])c2c(-c3c4c([2H])c([2H])c([2H])c([2H])c4c(-c4nc5ccccc5n4-c4ccccc4)c4c([2H])c([2H])c([2H])c([2H])c34)c([2H])c([2H])c([2H])c2c1[2H]. The van der Waals surface area contributed by atoms with Crippen LogP contribution in [0, 0.1) is 0 Å². The minimum absolute atomic E-state index is 0.0690. The van der Waals surface area contributed by atoms with Crippen LogP contribution in [0.4, 0.5) is 0 Å². The van der Waals surface area contributed by atoms with Gasteiger partial charge in [-0.15, -0.1) is 0 Å². The van der Waals surface area contributed by atoms with Crippen LogP contribution < -0.4 is 0 Å². The van der Waals surface area contributed by atoms with E-state index in [1.54, 1.807) is 59.2 Å². The Labute approximate surface area is 247 Å². The summed E-state index contributed by atoms with van der Waals surface area (Å²) >= 11 is 0. The first-order valence-corrected chi connectivity index (χ1v) is 12.1. The van der Waals surface area contributed by atoms with Gasteiger partial charge in [-0.25, -0.2) is 4.98 Å². The van der Waals surface area contributed by atoms with Crippen molar-refractivity contribution in [2.75, 3.05) is 0 Å². The van der Waals surface area contributed by atoms with Crippen LogP contribution in [0.25, 0.3) is 71.6 Å². The summed E-state index contributed by atoms with van der Waals surface area (Å²) in [6.45, 7) is 0. The van der Waals surface area contributed by atoms with E-state index in [0.717, 1.165) is 0 Å². The molecule has 0 amide bonds. The number of aromatic nitrogens is 2. The molecule has 2 nitrogen and oxygen atoms in total. The smallest absolute Gasteiger partial charge is 0.146 e. The third kappa shape index (κ3) is 3.32. The second-order valence-electron chi connectivity index (χ2n) is 8.85. The van der Waals surface area contributed by atoms with Crippen molar-refractivity contribution < 1.29 is 20.6 Å². The lowest BCUT2D eigenvalue weighted by atomic mass is 9.86. The first kappa shape index (κ1) is 11.7. The molecule has 39 heavy (non-hydrogen) atoms. The summed E-state index contributed by atoms with van der Waals surface area (Å²) in [4.78, 5) is 4.91. The Morgan fingerprint density at radius 2 is 1.08 bits per heavy atom. The van der Waals surface area contributed by atoms with E-state index in [2.05, 4.69) is 0 Å². The second kappa shape index (κ2) is 8.68. The van der Waals surface area contributed by atoms with E-state index in [1.165, 1.54) is 0 Å². The van der Waals surface area contributed by atoms with Crippen molar-refractivity contribution in [1.29, 1.82) is 0 Å². The molecular weight excluding hydrogens is 472 g/mol. The van der Waals surface area contributed by atoms with Crippen molar-refractivity contribution in [3.63, 3.8) is 0 Å². The normalized spacial score (nSPS) is 17.0. The van der Waals surface area contributed by atoms with Crippen LogP contribution in [0.3, 0.4) is 0 Å². The molecule has 2 heteroatoms. The fraction of sp³-hybridized carbons (Fsp3) is 0. The van der Waals surface area contributed by atoms with Crippen LogP contribution in [0.2, 0.25) is 0 Å². The molecule has 0 bridgehead atoms. The van der Waals surface area contributed by atoms with E-state index in [9.17, 15) is 6.85 Å². The van der Waals surface area contributed by atoms with Crippen LogP contribution in [0.15, 0.2) is 145 Å². The van der Waals surface area contributed by atoms with E-state index < -0.39 is 107 Å². The Bertz CT molecular complexity index is 2900. The minimum Gasteiger partial charge on any atom is -0.292 e. The average Bonchev–Trinajstić information content (AvgIpc) is 3.56. The molecule has 8 rings (SSSR count). The van der Waals surface area contributed by atoms with Crippen molar-refractivity contribution in [2.24, 2.45) is 0 Å². The van der Waals surface area contributed by atoms with Gasteiger partial charge in [0.1, 0.15) is 5.82 Å². The number of hydrogen-bond donors (Lipinski definition) is 0. The molecule has 0 aliphatic rings. The maximum absolute atomic E-state index is 9.36. The Kier molecular flexibility index (Phi) is 2.60. The van der Waals surface area contributed by atoms with Gasteiger partial charge in [0, 0.05) is 11.3 Å². The summed E-state index contributed by atoms with van der Waals surface area (Å²) in [5.74, 6) is 0.0690. The van der Waals surface area contributed by atoms with Gasteiger partial charge in [-0.05, 0) is 67.7 Å². The molecule has 0 saturated carbocycles. The Hall–Kier alpha value is -5.21. The van der Waals surface area contributed by atoms with Gasteiger partial charge >= 0.3 is 0 Å². The highest BCUT2D eigenvalue weighted by molar-refractivity contribution is 6.23. The molecule has 0 unspecified atom stereocenters. The predicted octanol–water partition coefficient (Wildman–Crippen LogP) is 9.82. The quantitative estimate of drug-likeness (QED) is 0.216. The Balaban J connectivity index is 1.79. The van der Waals surface area contributed by atoms with E-state index in [0.29, 0.717) is 16.7 Å². The van der Waals surface area contributed by atoms with Gasteiger partial charge in [-0.3, -0.25) is 4.57 Å². The molecule has 182 valence electrons. The molecule has 0 aliphatic heterocycles. The van der Waals surface area contributed by atoms with Gasteiger partial charge in [-0.1, -0.05) is 121 Å². The molecule has 0 spiro atoms. The van der Waals surface area contributed by atoms with Gasteiger partial charge in [-0.2, -0.15) is 0 Å². The van der Waals surface area contributed by atoms with Gasteiger partial charge in [0.25, 0.3) is 0 Å². The predicted molar refractivity (Wildman–Crippen MR) is 164 cm³/mol. The number of rotatable bonds is 3. The molecule has 0 N–H and O–H groups in total. The Morgan fingerprint density at radius 1 is 0.513 bits per heavy atom. The van der Waals surface area contributed by atoms with E-state index in [4.69, 9.17) is 18.7 Å². The van der Waals surface area contributed by atoms with Crippen molar-refractivity contribution >= 4 is 43.4 Å². The van der Waals surface area contributed by atoms with Crippen LogP contribution in [-0.2, 0) is 0 Å². The van der Waals surface area contributed by atoms with Crippen LogP contribution >= 0.6 is 0 Å². The first-order valence-electron chi connectivity index (χ1n) is 19.6. The zero-order valence-electron chi connectivity index (χ0n) is 35.1. The highest BCUT2D eigenvalue weighted by atomic mass is 15.1. The molecule has 0 radical (unpaired) electrons. The zero-order valence-corrected chi connectivity index (χ0v) is 20.1. The summed E-state index contributed by atoms with van der Waals surface area (Å²) in [6.07, 6.45) is 0. The van der Waals surface area contributed by atoms with Crippen LogP contribution in [0.1, 0.15) is 20.6 Å². The monoisotopic (exact) mass is 511 g/mol. The summed E-state index contributed by atoms with van der Waals surface area (Å²) in [5.41, 5.74) is 0.705. The van der Waals surface area contributed by atoms with E-state index >= 15 is 0 Å². The zero-order chi connectivity index (χ0) is 38.8. The van der Waals surface area contributed by atoms with Crippen molar-refractivity contribution in [2.45, 2.75) is 0 Å². The summed E-state index contributed by atoms with van der Waals surface area (Å²) < 4.78 is 135. The van der Waals surface area contributed by atoms with Crippen LogP contribution in [-0.4, -0.2) is 9.55 Å². The van der Waals surface area contributed by atoms with Crippen molar-refractivity contribution in [1.82, 2.24) is 9.55 Å². The highest BCUT2D eigenvalue weighted by Crippen LogP contribution is 2.45. The van der Waals surface area contributed by atoms with Crippen molar-refractivity contribution in [3.05, 3.63) is 145 Å². The number of imidazole rings is 1. The molecule has 7 aromatic carbocycles. The lowest BCUT2D eigenvalue weighted by molar-refractivity contribution is 1.11. The fourth-order valence-electron chi connectivity index (χ4n) is 5.13. The third-order valence-corrected chi connectivity index (χ3v) is 6.74. The number of fused-ring (bicyclic) bond motifs is 4. The minimum atomic E-state index is -0.763. The third-order valence-electron chi connectivity index (χ3n) is 6.74. The Morgan fingerprint density at radius 3 is 1.79 bits per heavy atom. The number of hydrogen-bond acceptors (Lipinski definition) is 1. The summed E-state index contributed by atoms with van der Waals surface area (Å²) in [7, 11) is 0. The molecule has 1 aromatic heterocycles.